The van der Waals surface area contributed by atoms with E-state index in [1.807, 2.05) is 194 Å². The summed E-state index contributed by atoms with van der Waals surface area (Å²) in [7, 11) is 3.20. The number of aromatic amines is 1. The Balaban J connectivity index is 0.000000175. The molecule has 2 spiro atoms. The van der Waals surface area contributed by atoms with Crippen molar-refractivity contribution in [2.75, 3.05) is 38.0 Å². The smallest absolute Gasteiger partial charge is 0.355 e. The summed E-state index contributed by atoms with van der Waals surface area (Å²) in [6.07, 6.45) is 22.7. The number of carbonyl (C=O) groups excluding carboxylic acids is 1. The number of H-pyrrole nitrogens is 1. The van der Waals surface area contributed by atoms with Gasteiger partial charge in [0.2, 0.25) is 0 Å². The van der Waals surface area contributed by atoms with Crippen molar-refractivity contribution in [1.29, 1.82) is 1.28 Å². The molecule has 22 rings (SSSR count). The number of rotatable bonds is 17. The summed E-state index contributed by atoms with van der Waals surface area (Å²) in [5, 5.41) is 14.4. The second-order valence-corrected chi connectivity index (χ2v) is 41.6. The maximum Gasteiger partial charge on any atom is 0.355 e. The zero-order valence-electron chi connectivity index (χ0n) is 83.5. The number of Topliss-reactive ketones (excluding diaryl/α,β-unsaturated/α-hetero) is 1. The molecule has 0 amide bonds. The van der Waals surface area contributed by atoms with Gasteiger partial charge >= 0.3 is 35.4 Å². The van der Waals surface area contributed by atoms with Gasteiger partial charge in [0.1, 0.15) is 5.78 Å². The van der Waals surface area contributed by atoms with E-state index in [-0.39, 0.29) is 93.5 Å². The van der Waals surface area contributed by atoms with Crippen LogP contribution in [0.15, 0.2) is 235 Å². The summed E-state index contributed by atoms with van der Waals surface area (Å²) >= 11 is 6.60. The van der Waals surface area contributed by atoms with Crippen LogP contribution in [0.3, 0.4) is 0 Å². The van der Waals surface area contributed by atoms with Crippen molar-refractivity contribution in [3.63, 3.8) is 0 Å². The van der Waals surface area contributed by atoms with Crippen LogP contribution in [-0.4, -0.2) is 135 Å². The first-order valence-electron chi connectivity index (χ1n) is 51.4. The van der Waals surface area contributed by atoms with Crippen LogP contribution in [0, 0.1) is 0 Å². The minimum Gasteiger partial charge on any atom is -0.400 e. The Morgan fingerprint density at radius 1 is 0.368 bits per heavy atom. The molecule has 2 atom stereocenters. The molecule has 27 nitrogen and oxygen atoms in total. The molecule has 2 saturated heterocycles. The maximum absolute atomic E-state index is 12.9. The van der Waals surface area contributed by atoms with Crippen LogP contribution in [0.5, 0.6) is 0 Å². The Labute approximate surface area is 873 Å². The van der Waals surface area contributed by atoms with E-state index in [1.54, 1.807) is 0 Å². The van der Waals surface area contributed by atoms with Gasteiger partial charge in [-0.25, -0.2) is 28.8 Å². The number of ketones is 1. The number of halogens is 1. The Kier molecular flexibility index (Phi) is 45.0. The lowest BCUT2D eigenvalue weighted by Crippen LogP contribution is -2.38. The van der Waals surface area contributed by atoms with Crippen molar-refractivity contribution >= 4 is 122 Å². The molecule has 14 aromatic rings. The number of aryl methyl sites for hydroxylation is 5. The normalized spacial score (nSPS) is 20.2. The van der Waals surface area contributed by atoms with E-state index in [9.17, 15) is 33.6 Å². The average Bonchev–Trinajstić information content (AvgIpc) is 2.14. The summed E-state index contributed by atoms with van der Waals surface area (Å²) in [5.41, 5.74) is 21.6. The van der Waals surface area contributed by atoms with Gasteiger partial charge < -0.3 is 45.4 Å². The van der Waals surface area contributed by atoms with E-state index >= 15 is 0 Å². The summed E-state index contributed by atoms with van der Waals surface area (Å²) in [6.45, 7) is 19.5. The molecule has 8 fully saturated rings. The van der Waals surface area contributed by atoms with Gasteiger partial charge in [-0.1, -0.05) is 193 Å². The first-order valence-corrected chi connectivity index (χ1v) is 56.0. The zero-order valence-corrected chi connectivity index (χ0v) is 87.6. The summed E-state index contributed by atoms with van der Waals surface area (Å²) in [5.74, 6) is -0.418. The second-order valence-electron chi connectivity index (χ2n) is 37.4. The fraction of sp³-hybridized carbons (Fsp3) is 0.513. The molecule has 0 radical (unpaired) electrons. The van der Waals surface area contributed by atoms with Gasteiger partial charge in [-0.05, 0) is 239 Å². The lowest BCUT2D eigenvalue weighted by atomic mass is 9.90. The number of carbonyl (C=O) groups is 1. The highest BCUT2D eigenvalue weighted by Gasteiger charge is 2.43. The number of hydrogen-bond acceptors (Lipinski definition) is 16. The predicted octanol–water partition coefficient (Wildman–Crippen LogP) is 22.3. The van der Waals surface area contributed by atoms with Crippen LogP contribution in [0.4, 0.5) is 0 Å². The van der Waals surface area contributed by atoms with E-state index in [2.05, 4.69) is 163 Å². The van der Waals surface area contributed by atoms with E-state index in [0.717, 1.165) is 247 Å². The molecule has 6 N–H and O–H groups in total. The summed E-state index contributed by atoms with van der Waals surface area (Å²) < 4.78 is 51.9. The van der Waals surface area contributed by atoms with Crippen molar-refractivity contribution in [3.05, 3.63) is 280 Å². The summed E-state index contributed by atoms with van der Waals surface area (Å²) in [6, 6.07) is 72.4. The monoisotopic (exact) mass is 2140 g/mol. The lowest BCUT2D eigenvalue weighted by Gasteiger charge is -2.35. The Morgan fingerprint density at radius 2 is 0.597 bits per heavy atom. The molecule has 2 aliphatic heterocycles. The fourth-order valence-corrected chi connectivity index (χ4v) is 22.4. The maximum atomic E-state index is 12.9. The van der Waals surface area contributed by atoms with E-state index in [0.29, 0.717) is 94.4 Å². The molecule has 8 aliphatic rings. The number of imidazole rings is 6. The molecule has 8 heterocycles. The number of nitrogens with two attached hydrogens (primary N) is 1. The van der Waals surface area contributed by atoms with Crippen molar-refractivity contribution < 1.29 is 28.8 Å². The van der Waals surface area contributed by atoms with E-state index < -0.39 is 6.99 Å². The number of nitrogens with one attached hydrogen (secondary N) is 3. The highest BCUT2D eigenvalue weighted by atomic mass is 127. The lowest BCUT2D eigenvalue weighted by molar-refractivity contribution is -0.181. The third-order valence-electron chi connectivity index (χ3n) is 29.3. The number of nitrogens with zero attached hydrogens (tertiary/aromatic N) is 11. The molecule has 6 aliphatic carbocycles. The number of para-hydroxylation sites is 12. The number of ether oxygens (including phenoxy) is 4. The van der Waals surface area contributed by atoms with Gasteiger partial charge in [0, 0.05) is 146 Å². The van der Waals surface area contributed by atoms with Crippen molar-refractivity contribution in [2.24, 2.45) is 5.73 Å². The first kappa shape index (κ1) is 115. The molecule has 8 aromatic carbocycles. The quantitative estimate of drug-likeness (QED) is 0.0321. The molecule has 6 saturated carbocycles. The average molecular weight is 2140 g/mol. The van der Waals surface area contributed by atoms with Crippen molar-refractivity contribution in [2.45, 2.75) is 337 Å². The zero-order chi connectivity index (χ0) is 99.7. The van der Waals surface area contributed by atoms with Gasteiger partial charge in [-0.3, -0.25) is 55.0 Å². The van der Waals surface area contributed by atoms with Crippen LogP contribution in [0.1, 0.15) is 273 Å². The van der Waals surface area contributed by atoms with Crippen LogP contribution >= 0.6 is 38.5 Å². The molecule has 6 aromatic heterocycles. The second kappa shape index (κ2) is 56.5. The van der Waals surface area contributed by atoms with E-state index in [1.165, 1.54) is 15.6 Å². The van der Waals surface area contributed by atoms with Crippen LogP contribution < -0.4 is 50.5 Å². The molecule has 782 valence electrons. The minimum absolute atomic E-state index is 0. The SMILES string of the molecule is C.C.C.C.CCI.CCn1c(=O)n(C2CCC(=O)CC2)c2ccccc21.CCn1c(=O)n(C2CCC(N)CC2)c2ccccc21.CCn1c(=O)n(C2CCC(NCc3ccccc3)CC2)c2ccccc21.CCn1c(=O)n(C2CCC(NCc3ccccc3)CC2)c2ccccc21.CCn1c(=O)n(C2CCC3(CC2)OCCO3)c2ccccc21.CO.O=c1[nH]c2ccccc2n1C1CCC2(CC1)OCCO2.[3H][P+](P)=S. The van der Waals surface area contributed by atoms with Gasteiger partial charge in [-0.2, -0.15) is 0 Å². The summed E-state index contributed by atoms with van der Waals surface area (Å²) in [4.78, 5) is 90.3. The number of alkyl halides is 1. The largest absolute Gasteiger partial charge is 0.400 e. The first-order chi connectivity index (χ1) is 68.7. The molecule has 144 heavy (non-hydrogen) atoms. The third-order valence-corrected chi connectivity index (χ3v) is 29.3. The Morgan fingerprint density at radius 3 is 0.875 bits per heavy atom. The van der Waals surface area contributed by atoms with Gasteiger partial charge in [-0.15, -0.1) is 0 Å². The highest BCUT2D eigenvalue weighted by molar-refractivity contribution is 14.1. The topological polar surface area (TPSA) is 297 Å². The third kappa shape index (κ3) is 27.1. The van der Waals surface area contributed by atoms with Crippen LogP contribution in [0.25, 0.3) is 66.2 Å². The number of aromatic nitrogens is 12. The van der Waals surface area contributed by atoms with Crippen LogP contribution in [-0.2, 0) is 81.4 Å². The Hall–Kier alpha value is -9.59. The number of hydrogen-bond donors (Lipinski definition) is 5. The van der Waals surface area contributed by atoms with Gasteiger partial charge in [0.05, 0.1) is 102 Å². The fourth-order valence-electron chi connectivity index (χ4n) is 22.4. The molecule has 0 bridgehead atoms. The number of benzene rings is 8. The number of aliphatic hydroxyl groups is 1. The molecule has 31 heteroatoms. The van der Waals surface area contributed by atoms with Crippen LogP contribution in [0.2, 0.25) is 0 Å². The van der Waals surface area contributed by atoms with Crippen molar-refractivity contribution in [3.8, 4) is 0 Å². The number of fused-ring (bicyclic) bond motifs is 6. The predicted molar refractivity (Wildman–Crippen MR) is 608 cm³/mol. The molecule has 2 unspecified atom stereocenters. The minimum atomic E-state index is -0.870. The molecular weight excluding hydrogens is 1980 g/mol. The van der Waals surface area contributed by atoms with E-state index in [4.69, 9.17) is 31.1 Å². The molecular formula is C113H161IN15O12P2S+. The van der Waals surface area contributed by atoms with Gasteiger partial charge in [0.15, 0.2) is 30.4 Å². The highest BCUT2D eigenvalue weighted by Crippen LogP contribution is 2.44. The number of aliphatic hydroxyl groups excluding tert-OH is 1. The van der Waals surface area contributed by atoms with Crippen molar-refractivity contribution in [1.82, 2.24) is 65.9 Å². The van der Waals surface area contributed by atoms with Gasteiger partial charge in [0.25, 0.3) is 0 Å². The Bertz CT molecular complexity index is 6610. The standard InChI is InChI=1S/2C22H27N3O.C17H22N2O3.C15H21N3O.C15H18N2O3.C15H18N2O2.C2H5I.CH4O.4CH4.H2P2S/c2*1-2-24-20-10-6-7-11-21(20)25(22(24)26)19-14-12-18(13-15-19)23-16-17-8-4-3-5-9-17;1-2-18-14-5-3-4-6-15(14)19(16(18)20)13-7-9-17(10-8-13)21-11-12-22-17;1-2-17-13-5-3-4-6-14(13)18(15(17)19)12-9-7-11(16)8-10-12;18-14-16-12-3-1-2-4-13(12)17(14)11-5-7-15(8-6-11)19-9-10-20-15;1-2-16-13-5-3-4-6-14(13)17(15(16)19)11-7-9-12(18)10-8-11;1-2-3;1-2;;;;;1-2-3/h2*3-11,18-19,23H,2,12-16H2,1H3;3-6,13H,2,7-12H2,1H3;3-6,11-12H,2,7-10,16H2,1H3;1-4,11H,5-10H2,(H,16,18);3-6,11H,2,7-10H2,1H3;2H2,1H3;2H,1H3;4*1H4;1H2/p+1/i/hT.